The summed E-state index contributed by atoms with van der Waals surface area (Å²) in [5.74, 6) is 0.755. The molecular weight excluding hydrogens is 476 g/mol. The van der Waals surface area contributed by atoms with Crippen molar-refractivity contribution < 1.29 is 22.7 Å². The van der Waals surface area contributed by atoms with Crippen molar-refractivity contribution in [2.45, 2.75) is 18.2 Å². The molecular formula is C23H22N4O5S2. The highest BCUT2D eigenvalue weighted by molar-refractivity contribution is 7.92. The lowest BCUT2D eigenvalue weighted by atomic mass is 10.1. The number of nitriles is 1. The molecule has 0 saturated carbocycles. The minimum Gasteiger partial charge on any atom is -0.490 e. The van der Waals surface area contributed by atoms with E-state index in [0.29, 0.717) is 35.9 Å². The molecule has 3 aromatic rings. The second kappa shape index (κ2) is 10.9. The van der Waals surface area contributed by atoms with Gasteiger partial charge in [0.05, 0.1) is 0 Å². The molecule has 0 bridgehead atoms. The predicted molar refractivity (Wildman–Crippen MR) is 129 cm³/mol. The van der Waals surface area contributed by atoms with Gasteiger partial charge in [0.25, 0.3) is 5.91 Å². The monoisotopic (exact) mass is 498 g/mol. The molecule has 176 valence electrons. The number of ether oxygens (including phenoxy) is 2. The number of anilines is 1. The van der Waals surface area contributed by atoms with Crippen LogP contribution in [0.5, 0.6) is 11.5 Å². The zero-order valence-corrected chi connectivity index (χ0v) is 20.4. The van der Waals surface area contributed by atoms with Crippen molar-refractivity contribution in [2.24, 2.45) is 0 Å². The van der Waals surface area contributed by atoms with Gasteiger partial charge < -0.3 is 9.47 Å². The molecule has 0 aliphatic rings. The van der Waals surface area contributed by atoms with E-state index in [4.69, 9.17) is 9.47 Å². The van der Waals surface area contributed by atoms with Gasteiger partial charge in [-0.25, -0.2) is 8.42 Å². The Labute approximate surface area is 201 Å². The Morgan fingerprint density at radius 3 is 2.32 bits per heavy atom. The topological polar surface area (TPSA) is 131 Å². The Balaban J connectivity index is 1.56. The maximum atomic E-state index is 12.4. The van der Waals surface area contributed by atoms with Gasteiger partial charge in [-0.05, 0) is 48.7 Å². The van der Waals surface area contributed by atoms with Gasteiger partial charge in [-0.3, -0.25) is 10.1 Å². The normalized spacial score (nSPS) is 11.5. The average Bonchev–Trinajstić information content (AvgIpc) is 3.26. The van der Waals surface area contributed by atoms with E-state index in [1.165, 1.54) is 6.08 Å². The Morgan fingerprint density at radius 1 is 1.09 bits per heavy atom. The first-order valence-electron chi connectivity index (χ1n) is 10.1. The van der Waals surface area contributed by atoms with Crippen molar-refractivity contribution >= 4 is 38.3 Å². The molecule has 11 heteroatoms. The second-order valence-electron chi connectivity index (χ2n) is 7.26. The summed E-state index contributed by atoms with van der Waals surface area (Å²) in [4.78, 5) is 12.4. The van der Waals surface area contributed by atoms with Crippen LogP contribution in [0, 0.1) is 25.2 Å². The van der Waals surface area contributed by atoms with Gasteiger partial charge in [0.1, 0.15) is 36.4 Å². The number of para-hydroxylation sites is 1. The van der Waals surface area contributed by atoms with Crippen molar-refractivity contribution in [1.82, 2.24) is 10.2 Å². The molecule has 0 radical (unpaired) electrons. The summed E-state index contributed by atoms with van der Waals surface area (Å²) in [6.45, 7) is 4.72. The molecule has 34 heavy (non-hydrogen) atoms. The number of benzene rings is 2. The minimum atomic E-state index is -3.53. The smallest absolute Gasteiger partial charge is 0.268 e. The van der Waals surface area contributed by atoms with E-state index in [1.807, 2.05) is 38.1 Å². The van der Waals surface area contributed by atoms with Crippen molar-refractivity contribution in [1.29, 1.82) is 5.26 Å². The summed E-state index contributed by atoms with van der Waals surface area (Å²) in [5.41, 5.74) is 2.57. The summed E-state index contributed by atoms with van der Waals surface area (Å²) in [7, 11) is -3.53. The third kappa shape index (κ3) is 6.63. The van der Waals surface area contributed by atoms with Crippen LogP contribution in [-0.2, 0) is 14.6 Å². The number of rotatable bonds is 9. The van der Waals surface area contributed by atoms with Crippen LogP contribution in [0.4, 0.5) is 5.13 Å². The van der Waals surface area contributed by atoms with E-state index in [2.05, 4.69) is 15.5 Å². The number of nitrogens with zero attached hydrogens (tertiary/aromatic N) is 3. The lowest BCUT2D eigenvalue weighted by Gasteiger charge is -2.12. The first kappa shape index (κ1) is 24.9. The highest BCUT2D eigenvalue weighted by atomic mass is 32.2. The standard InChI is InChI=1S/C23H22N4O5S2/c1-15-5-4-6-16(2)20(15)32-12-11-31-19-9-7-17(8-10-19)13-18(14-24)21(28)25-22-26-27-23(33-22)34(3,29)30/h4-10,13H,11-12H2,1-3H3,(H,25,26,28)/b18-13-. The summed E-state index contributed by atoms with van der Waals surface area (Å²) in [5, 5.41) is 18.9. The molecule has 1 N–H and O–H groups in total. The summed E-state index contributed by atoms with van der Waals surface area (Å²) in [6, 6.07) is 14.7. The van der Waals surface area contributed by atoms with E-state index in [-0.39, 0.29) is 15.0 Å². The maximum Gasteiger partial charge on any atom is 0.268 e. The molecule has 3 rings (SSSR count). The van der Waals surface area contributed by atoms with E-state index in [9.17, 15) is 18.5 Å². The van der Waals surface area contributed by atoms with E-state index < -0.39 is 15.7 Å². The van der Waals surface area contributed by atoms with Crippen LogP contribution in [0.3, 0.4) is 0 Å². The van der Waals surface area contributed by atoms with Crippen LogP contribution in [-0.4, -0.2) is 44.0 Å². The van der Waals surface area contributed by atoms with Gasteiger partial charge in [0.15, 0.2) is 0 Å². The van der Waals surface area contributed by atoms with E-state index >= 15 is 0 Å². The molecule has 0 saturated heterocycles. The van der Waals surface area contributed by atoms with Gasteiger partial charge in [-0.1, -0.05) is 41.7 Å². The van der Waals surface area contributed by atoms with Crippen molar-refractivity contribution in [3.05, 3.63) is 64.7 Å². The van der Waals surface area contributed by atoms with Gasteiger partial charge >= 0.3 is 0 Å². The fourth-order valence-electron chi connectivity index (χ4n) is 2.88. The van der Waals surface area contributed by atoms with Crippen LogP contribution < -0.4 is 14.8 Å². The van der Waals surface area contributed by atoms with Crippen LogP contribution in [0.1, 0.15) is 16.7 Å². The quantitative estimate of drug-likeness (QED) is 0.205. The Bertz CT molecular complexity index is 1340. The number of carbonyl (C=O) groups excluding carboxylic acids is 1. The Kier molecular flexibility index (Phi) is 7.99. The minimum absolute atomic E-state index is 0.0153. The first-order chi connectivity index (χ1) is 16.2. The SMILES string of the molecule is Cc1cccc(C)c1OCCOc1ccc(/C=C(/C#N)C(=O)Nc2nnc(S(C)(=O)=O)s2)cc1. The van der Waals surface area contributed by atoms with Crippen LogP contribution in [0.15, 0.2) is 52.4 Å². The fraction of sp³-hybridized carbons (Fsp3) is 0.217. The number of aryl methyl sites for hydroxylation is 2. The number of amides is 1. The van der Waals surface area contributed by atoms with Crippen molar-refractivity contribution in [3.63, 3.8) is 0 Å². The van der Waals surface area contributed by atoms with Crippen LogP contribution in [0.25, 0.3) is 6.08 Å². The van der Waals surface area contributed by atoms with Crippen LogP contribution in [0.2, 0.25) is 0 Å². The molecule has 0 atom stereocenters. The molecule has 0 spiro atoms. The summed E-state index contributed by atoms with van der Waals surface area (Å²) in [6.07, 6.45) is 2.40. The molecule has 0 unspecified atom stereocenters. The fourth-order valence-corrected chi connectivity index (χ4v) is 4.38. The van der Waals surface area contributed by atoms with E-state index in [1.54, 1.807) is 24.3 Å². The highest BCUT2D eigenvalue weighted by Gasteiger charge is 2.17. The van der Waals surface area contributed by atoms with Crippen molar-refractivity contribution in [3.8, 4) is 17.6 Å². The first-order valence-corrected chi connectivity index (χ1v) is 12.8. The highest BCUT2D eigenvalue weighted by Crippen LogP contribution is 2.23. The number of hydrogen-bond acceptors (Lipinski definition) is 9. The van der Waals surface area contributed by atoms with Gasteiger partial charge in [0.2, 0.25) is 19.3 Å². The number of nitrogens with one attached hydrogen (secondary N) is 1. The zero-order valence-electron chi connectivity index (χ0n) is 18.7. The predicted octanol–water partition coefficient (Wildman–Crippen LogP) is 3.56. The van der Waals surface area contributed by atoms with Gasteiger partial charge in [0, 0.05) is 6.26 Å². The van der Waals surface area contributed by atoms with Gasteiger partial charge in [-0.15, -0.1) is 10.2 Å². The lowest BCUT2D eigenvalue weighted by Crippen LogP contribution is -2.13. The number of carbonyl (C=O) groups is 1. The van der Waals surface area contributed by atoms with Crippen LogP contribution >= 0.6 is 11.3 Å². The van der Waals surface area contributed by atoms with Crippen molar-refractivity contribution in [2.75, 3.05) is 24.8 Å². The van der Waals surface area contributed by atoms with E-state index in [0.717, 1.165) is 23.1 Å². The number of aromatic nitrogens is 2. The molecule has 0 aliphatic carbocycles. The maximum absolute atomic E-state index is 12.4. The molecule has 9 nitrogen and oxygen atoms in total. The summed E-state index contributed by atoms with van der Waals surface area (Å²) >= 11 is 0.708. The summed E-state index contributed by atoms with van der Waals surface area (Å²) < 4.78 is 34.3. The van der Waals surface area contributed by atoms with Gasteiger partial charge in [-0.2, -0.15) is 5.26 Å². The average molecular weight is 499 g/mol. The molecule has 1 heterocycles. The number of sulfone groups is 1. The molecule has 2 aromatic carbocycles. The molecule has 0 aliphatic heterocycles. The molecule has 0 fully saturated rings. The third-order valence-electron chi connectivity index (χ3n) is 4.51. The zero-order chi connectivity index (χ0) is 24.7. The lowest BCUT2D eigenvalue weighted by molar-refractivity contribution is -0.112. The second-order valence-corrected chi connectivity index (χ2v) is 10.4. The Morgan fingerprint density at radius 2 is 1.74 bits per heavy atom. The molecule has 1 amide bonds. The number of hydrogen-bond donors (Lipinski definition) is 1. The molecule has 1 aromatic heterocycles. The Hall–Kier alpha value is -3.75. The largest absolute Gasteiger partial charge is 0.490 e. The third-order valence-corrected chi connectivity index (χ3v) is 7.02.